The van der Waals surface area contributed by atoms with Crippen molar-refractivity contribution in [3.63, 3.8) is 0 Å². The van der Waals surface area contributed by atoms with Crippen LogP contribution < -0.4 is 16.0 Å². The van der Waals surface area contributed by atoms with Crippen LogP contribution in [0.2, 0.25) is 5.02 Å². The monoisotopic (exact) mass is 565 g/mol. The number of amides is 2. The number of aromatic amines is 1. The van der Waals surface area contributed by atoms with Crippen molar-refractivity contribution in [3.8, 4) is 11.3 Å². The second-order valence-electron chi connectivity index (χ2n) is 9.56. The van der Waals surface area contributed by atoms with Crippen LogP contribution in [0.4, 0.5) is 23.0 Å². The molecule has 3 aromatic carbocycles. The third-order valence-corrected chi connectivity index (χ3v) is 6.38. The van der Waals surface area contributed by atoms with Crippen molar-refractivity contribution in [2.45, 2.75) is 0 Å². The molecule has 0 aliphatic carbocycles. The Morgan fingerprint density at radius 2 is 1.76 bits per heavy atom. The fourth-order valence-corrected chi connectivity index (χ4v) is 4.29. The van der Waals surface area contributed by atoms with Crippen molar-refractivity contribution in [1.29, 1.82) is 0 Å². The molecule has 2 aromatic heterocycles. The van der Waals surface area contributed by atoms with Crippen molar-refractivity contribution in [2.75, 3.05) is 36.6 Å². The van der Waals surface area contributed by atoms with Gasteiger partial charge in [0.25, 0.3) is 5.91 Å². The Labute approximate surface area is 242 Å². The van der Waals surface area contributed by atoms with Gasteiger partial charge in [0.1, 0.15) is 0 Å². The molecule has 9 nitrogen and oxygen atoms in total. The lowest BCUT2D eigenvalue weighted by atomic mass is 10.1. The molecular weight excluding hydrogens is 538 g/mol. The number of hydrogen-bond donors (Lipinski definition) is 4. The zero-order valence-corrected chi connectivity index (χ0v) is 23.2. The molecule has 5 rings (SSSR count). The predicted molar refractivity (Wildman–Crippen MR) is 165 cm³/mol. The molecule has 0 bridgehead atoms. The van der Waals surface area contributed by atoms with Gasteiger partial charge in [0.05, 0.1) is 16.9 Å². The first-order valence-electron chi connectivity index (χ1n) is 12.8. The topological polar surface area (TPSA) is 115 Å². The normalized spacial score (nSPS) is 11.2. The van der Waals surface area contributed by atoms with E-state index in [0.717, 1.165) is 16.5 Å². The first kappa shape index (κ1) is 27.6. The number of benzene rings is 3. The van der Waals surface area contributed by atoms with E-state index in [2.05, 4.69) is 30.9 Å². The fraction of sp³-hybridized carbons (Fsp3) is 0.0968. The number of carbonyl (C=O) groups excluding carboxylic acids is 2. The van der Waals surface area contributed by atoms with E-state index in [0.29, 0.717) is 45.8 Å². The van der Waals surface area contributed by atoms with E-state index in [9.17, 15) is 9.59 Å². The standard InChI is InChI=1S/C31H28ClN7O2/c1-39(2)16-4-7-28(40)35-23-12-10-21(11-13-23)30(41)36-24-5-3-6-25(18-24)37-31-34-19-26(32)29(38-31)22-9-8-20-14-15-33-27(20)17-22/h3-15,17-19,33H,16H2,1-2H3,(H,35,40)(H,36,41)(H,34,37,38)/b7-4+. The molecule has 41 heavy (non-hydrogen) atoms. The molecule has 2 heterocycles. The summed E-state index contributed by atoms with van der Waals surface area (Å²) in [4.78, 5) is 39.0. The maximum atomic E-state index is 12.9. The Balaban J connectivity index is 1.23. The van der Waals surface area contributed by atoms with Crippen LogP contribution in [0, 0.1) is 0 Å². The summed E-state index contributed by atoms with van der Waals surface area (Å²) in [5, 5.41) is 10.4. The summed E-state index contributed by atoms with van der Waals surface area (Å²) in [6, 6.07) is 21.9. The summed E-state index contributed by atoms with van der Waals surface area (Å²) in [6.45, 7) is 0.669. The van der Waals surface area contributed by atoms with E-state index in [1.54, 1.807) is 48.7 Å². The van der Waals surface area contributed by atoms with Crippen LogP contribution in [-0.2, 0) is 4.79 Å². The summed E-state index contributed by atoms with van der Waals surface area (Å²) in [5.74, 6) is -0.143. The smallest absolute Gasteiger partial charge is 0.255 e. The number of hydrogen-bond acceptors (Lipinski definition) is 6. The van der Waals surface area contributed by atoms with Gasteiger partial charge in [-0.05, 0) is 74.1 Å². The van der Waals surface area contributed by atoms with Gasteiger partial charge < -0.3 is 25.8 Å². The molecule has 5 aromatic rings. The zero-order valence-electron chi connectivity index (χ0n) is 22.5. The summed E-state index contributed by atoms with van der Waals surface area (Å²) in [6.07, 6.45) is 6.71. The lowest BCUT2D eigenvalue weighted by Gasteiger charge is -2.11. The maximum absolute atomic E-state index is 12.9. The van der Waals surface area contributed by atoms with Crippen LogP contribution in [0.25, 0.3) is 22.2 Å². The van der Waals surface area contributed by atoms with E-state index in [-0.39, 0.29) is 11.8 Å². The molecule has 206 valence electrons. The van der Waals surface area contributed by atoms with Gasteiger partial charge in [-0.1, -0.05) is 35.9 Å². The molecule has 4 N–H and O–H groups in total. The number of halogens is 1. The van der Waals surface area contributed by atoms with Gasteiger partial charge in [-0.25, -0.2) is 9.97 Å². The van der Waals surface area contributed by atoms with E-state index in [1.165, 1.54) is 6.08 Å². The van der Waals surface area contributed by atoms with Crippen LogP contribution >= 0.6 is 11.6 Å². The summed E-state index contributed by atoms with van der Waals surface area (Å²) in [7, 11) is 3.85. The number of nitrogens with one attached hydrogen (secondary N) is 4. The third-order valence-electron chi connectivity index (χ3n) is 6.10. The number of H-pyrrole nitrogens is 1. The molecule has 0 fully saturated rings. The minimum Gasteiger partial charge on any atom is -0.361 e. The van der Waals surface area contributed by atoms with E-state index in [1.807, 2.05) is 61.6 Å². The number of aromatic nitrogens is 3. The first-order valence-corrected chi connectivity index (χ1v) is 13.2. The van der Waals surface area contributed by atoms with Gasteiger partial charge >= 0.3 is 0 Å². The van der Waals surface area contributed by atoms with Gasteiger partial charge in [0, 0.05) is 52.5 Å². The second-order valence-corrected chi connectivity index (χ2v) is 9.97. The quantitative estimate of drug-likeness (QED) is 0.155. The van der Waals surface area contributed by atoms with Crippen molar-refractivity contribution >= 4 is 57.3 Å². The van der Waals surface area contributed by atoms with Crippen molar-refractivity contribution in [1.82, 2.24) is 19.9 Å². The predicted octanol–water partition coefficient (Wildman–Crippen LogP) is 6.33. The van der Waals surface area contributed by atoms with E-state index >= 15 is 0 Å². The van der Waals surface area contributed by atoms with Crippen LogP contribution in [0.5, 0.6) is 0 Å². The number of anilines is 4. The number of rotatable bonds is 9. The Morgan fingerprint density at radius 3 is 2.56 bits per heavy atom. The highest BCUT2D eigenvalue weighted by molar-refractivity contribution is 6.33. The van der Waals surface area contributed by atoms with Gasteiger partial charge in [0.15, 0.2) is 0 Å². The average Bonchev–Trinajstić information content (AvgIpc) is 3.42. The van der Waals surface area contributed by atoms with Crippen molar-refractivity contribution < 1.29 is 9.59 Å². The number of fused-ring (bicyclic) bond motifs is 1. The highest BCUT2D eigenvalue weighted by Gasteiger charge is 2.11. The Kier molecular flexibility index (Phi) is 8.38. The van der Waals surface area contributed by atoms with Gasteiger partial charge in [-0.15, -0.1) is 0 Å². The third kappa shape index (κ3) is 7.16. The van der Waals surface area contributed by atoms with Crippen LogP contribution in [-0.4, -0.2) is 52.3 Å². The number of nitrogens with zero attached hydrogens (tertiary/aromatic N) is 3. The Bertz CT molecular complexity index is 1730. The molecule has 0 spiro atoms. The highest BCUT2D eigenvalue weighted by Crippen LogP contribution is 2.29. The minimum atomic E-state index is -0.282. The van der Waals surface area contributed by atoms with E-state index in [4.69, 9.17) is 11.6 Å². The average molecular weight is 566 g/mol. The molecule has 2 amide bonds. The maximum Gasteiger partial charge on any atom is 0.255 e. The van der Waals surface area contributed by atoms with Crippen LogP contribution in [0.1, 0.15) is 10.4 Å². The lowest BCUT2D eigenvalue weighted by Crippen LogP contribution is -2.13. The molecule has 10 heteroatoms. The first-order chi connectivity index (χ1) is 19.8. The molecule has 0 saturated carbocycles. The van der Waals surface area contributed by atoms with Crippen LogP contribution in [0.3, 0.4) is 0 Å². The Morgan fingerprint density at radius 1 is 0.951 bits per heavy atom. The van der Waals surface area contributed by atoms with Crippen molar-refractivity contribution in [2.24, 2.45) is 0 Å². The molecule has 0 atom stereocenters. The molecular formula is C31H28ClN7O2. The fourth-order valence-electron chi connectivity index (χ4n) is 4.09. The van der Waals surface area contributed by atoms with Gasteiger partial charge in [-0.3, -0.25) is 9.59 Å². The largest absolute Gasteiger partial charge is 0.361 e. The van der Waals surface area contributed by atoms with Gasteiger partial charge in [-0.2, -0.15) is 0 Å². The zero-order chi connectivity index (χ0) is 28.8. The van der Waals surface area contributed by atoms with Gasteiger partial charge in [0.2, 0.25) is 11.9 Å². The molecule has 0 saturated heterocycles. The summed E-state index contributed by atoms with van der Waals surface area (Å²) < 4.78 is 0. The second kappa shape index (κ2) is 12.5. The minimum absolute atomic E-state index is 0.230. The highest BCUT2D eigenvalue weighted by atomic mass is 35.5. The molecule has 0 aliphatic rings. The number of carbonyl (C=O) groups is 2. The number of likely N-dealkylation sites (N-methyl/N-ethyl adjacent to an activating group) is 1. The van der Waals surface area contributed by atoms with Crippen LogP contribution in [0.15, 0.2) is 97.3 Å². The summed E-state index contributed by atoms with van der Waals surface area (Å²) >= 11 is 6.43. The molecule has 0 radical (unpaired) electrons. The summed E-state index contributed by atoms with van der Waals surface area (Å²) in [5.41, 5.74) is 4.79. The Hall–Kier alpha value is -4.99. The SMILES string of the molecule is CN(C)C/C=C/C(=O)Nc1ccc(C(=O)Nc2cccc(Nc3ncc(Cl)c(-c4ccc5cc[nH]c5c4)n3)c2)cc1. The van der Waals surface area contributed by atoms with E-state index < -0.39 is 0 Å². The molecule has 0 unspecified atom stereocenters. The molecule has 0 aliphatic heterocycles. The van der Waals surface area contributed by atoms with Crippen molar-refractivity contribution in [3.05, 3.63) is 108 Å². The lowest BCUT2D eigenvalue weighted by molar-refractivity contribution is -0.111.